The zero-order valence-corrected chi connectivity index (χ0v) is 20.1. The predicted molar refractivity (Wildman–Crippen MR) is 129 cm³/mol. The highest BCUT2D eigenvalue weighted by molar-refractivity contribution is 5.81. The molecule has 7 heteroatoms. The maximum atomic E-state index is 15.0. The number of rotatable bonds is 16. The third-order valence-corrected chi connectivity index (χ3v) is 6.12. The first kappa shape index (κ1) is 26.1. The van der Waals surface area contributed by atoms with Gasteiger partial charge in [-0.15, -0.1) is 0 Å². The predicted octanol–water partition coefficient (Wildman–Crippen LogP) is 5.90. The van der Waals surface area contributed by atoms with Gasteiger partial charge < -0.3 is 9.47 Å². The summed E-state index contributed by atoms with van der Waals surface area (Å²) >= 11 is 0. The van der Waals surface area contributed by atoms with Crippen molar-refractivity contribution in [3.05, 3.63) is 23.8 Å². The number of nitrogens with one attached hydrogen (secondary N) is 1. The molecule has 0 aliphatic heterocycles. The van der Waals surface area contributed by atoms with Gasteiger partial charge in [0.15, 0.2) is 5.82 Å². The van der Waals surface area contributed by atoms with E-state index in [1.54, 1.807) is 11.5 Å². The van der Waals surface area contributed by atoms with Crippen molar-refractivity contribution in [1.82, 2.24) is 15.0 Å². The van der Waals surface area contributed by atoms with Crippen LogP contribution in [-0.2, 0) is 18.3 Å². The minimum absolute atomic E-state index is 0.245. The van der Waals surface area contributed by atoms with Crippen molar-refractivity contribution in [1.29, 1.82) is 0 Å². The number of fused-ring (bicyclic) bond motifs is 1. The van der Waals surface area contributed by atoms with Crippen LogP contribution in [0.5, 0.6) is 0 Å². The molecule has 6 nitrogen and oxygen atoms in total. The standard InChI is InChI=1S/C25H41FN4O2/c1-4-6-12-16-30(17-13-7-5-2)20-18-21(26)25-22(19-20)29(3)23(27-25)14-10-8-9-11-15-24(31)28-32/h18-19,32H,4-17H2,1-3H3,(H,28,31). The molecule has 1 aromatic heterocycles. The lowest BCUT2D eigenvalue weighted by atomic mass is 10.1. The number of nitrogens with zero attached hydrogens (tertiary/aromatic N) is 3. The molecule has 0 atom stereocenters. The normalized spacial score (nSPS) is 11.3. The number of aromatic nitrogens is 2. The van der Waals surface area contributed by atoms with Gasteiger partial charge in [0.1, 0.15) is 11.3 Å². The lowest BCUT2D eigenvalue weighted by Crippen LogP contribution is -2.26. The summed E-state index contributed by atoms with van der Waals surface area (Å²) in [6, 6.07) is 3.75. The van der Waals surface area contributed by atoms with Crippen LogP contribution in [0.25, 0.3) is 11.0 Å². The maximum Gasteiger partial charge on any atom is 0.243 e. The number of carbonyl (C=O) groups is 1. The zero-order chi connectivity index (χ0) is 23.3. The minimum Gasteiger partial charge on any atom is -0.371 e. The summed E-state index contributed by atoms with van der Waals surface area (Å²) in [5.41, 5.74) is 3.92. The molecular weight excluding hydrogens is 407 g/mol. The van der Waals surface area contributed by atoms with Crippen LogP contribution >= 0.6 is 0 Å². The van der Waals surface area contributed by atoms with Gasteiger partial charge in [0.25, 0.3) is 0 Å². The Kier molecular flexibility index (Phi) is 11.5. The second-order valence-corrected chi connectivity index (χ2v) is 8.73. The molecule has 32 heavy (non-hydrogen) atoms. The van der Waals surface area contributed by atoms with Gasteiger partial charge in [0.2, 0.25) is 5.91 Å². The smallest absolute Gasteiger partial charge is 0.243 e. The van der Waals surface area contributed by atoms with Crippen molar-refractivity contribution < 1.29 is 14.4 Å². The summed E-state index contributed by atoms with van der Waals surface area (Å²) in [6.07, 6.45) is 11.7. The van der Waals surface area contributed by atoms with E-state index in [4.69, 9.17) is 5.21 Å². The van der Waals surface area contributed by atoms with E-state index in [2.05, 4.69) is 29.8 Å². The Balaban J connectivity index is 2.06. The van der Waals surface area contributed by atoms with E-state index in [0.29, 0.717) is 11.9 Å². The van der Waals surface area contributed by atoms with Gasteiger partial charge in [0, 0.05) is 38.7 Å². The van der Waals surface area contributed by atoms with Gasteiger partial charge in [-0.1, -0.05) is 52.4 Å². The van der Waals surface area contributed by atoms with Gasteiger partial charge in [-0.05, 0) is 37.8 Å². The average molecular weight is 449 g/mol. The Bertz CT molecular complexity index is 827. The largest absolute Gasteiger partial charge is 0.371 e. The van der Waals surface area contributed by atoms with Crippen molar-refractivity contribution in [2.75, 3.05) is 18.0 Å². The molecule has 0 saturated heterocycles. The number of aryl methyl sites for hydroxylation is 2. The molecule has 0 aliphatic carbocycles. The average Bonchev–Trinajstić information content (AvgIpc) is 3.11. The summed E-state index contributed by atoms with van der Waals surface area (Å²) in [7, 11) is 1.97. The van der Waals surface area contributed by atoms with Gasteiger partial charge in [-0.25, -0.2) is 14.9 Å². The number of hydrogen-bond donors (Lipinski definition) is 2. The number of halogens is 1. The van der Waals surface area contributed by atoms with Crippen LogP contribution in [0.3, 0.4) is 0 Å². The quantitative estimate of drug-likeness (QED) is 0.191. The van der Waals surface area contributed by atoms with Gasteiger partial charge >= 0.3 is 0 Å². The SMILES string of the molecule is CCCCCN(CCCCC)c1cc(F)c2nc(CCCCCCC(=O)NO)n(C)c2c1. The van der Waals surface area contributed by atoms with Crippen molar-refractivity contribution in [3.63, 3.8) is 0 Å². The first-order chi connectivity index (χ1) is 15.5. The fraction of sp³-hybridized carbons (Fsp3) is 0.680. The van der Waals surface area contributed by atoms with Crippen LogP contribution in [-0.4, -0.2) is 33.8 Å². The Hall–Kier alpha value is -2.15. The molecule has 2 N–H and O–H groups in total. The summed E-state index contributed by atoms with van der Waals surface area (Å²) in [4.78, 5) is 18.0. The molecule has 0 fully saturated rings. The third-order valence-electron chi connectivity index (χ3n) is 6.12. The Morgan fingerprint density at radius 1 is 1.03 bits per heavy atom. The van der Waals surface area contributed by atoms with Crippen molar-refractivity contribution in [2.45, 2.75) is 90.9 Å². The number of amides is 1. The molecule has 1 heterocycles. The number of anilines is 1. The summed E-state index contributed by atoms with van der Waals surface area (Å²) in [6.45, 7) is 6.33. The van der Waals surface area contributed by atoms with E-state index in [0.717, 1.165) is 75.1 Å². The van der Waals surface area contributed by atoms with Crippen LogP contribution in [0.2, 0.25) is 0 Å². The van der Waals surface area contributed by atoms with Crippen LogP contribution in [0, 0.1) is 5.82 Å². The molecule has 0 unspecified atom stereocenters. The Labute approximate surface area is 192 Å². The molecule has 0 spiro atoms. The molecule has 0 aliphatic rings. The molecule has 0 saturated carbocycles. The van der Waals surface area contributed by atoms with Crippen molar-refractivity contribution in [2.24, 2.45) is 7.05 Å². The maximum absolute atomic E-state index is 15.0. The number of hydrogen-bond acceptors (Lipinski definition) is 4. The lowest BCUT2D eigenvalue weighted by molar-refractivity contribution is -0.129. The van der Waals surface area contributed by atoms with E-state index >= 15 is 4.39 Å². The van der Waals surface area contributed by atoms with Crippen LogP contribution in [0.4, 0.5) is 10.1 Å². The van der Waals surface area contributed by atoms with Gasteiger partial charge in [-0.2, -0.15) is 0 Å². The fourth-order valence-corrected chi connectivity index (χ4v) is 4.14. The van der Waals surface area contributed by atoms with E-state index in [1.807, 2.05) is 11.6 Å². The molecule has 0 bridgehead atoms. The van der Waals surface area contributed by atoms with E-state index in [1.165, 1.54) is 25.7 Å². The first-order valence-corrected chi connectivity index (χ1v) is 12.3. The highest BCUT2D eigenvalue weighted by atomic mass is 19.1. The molecule has 2 aromatic rings. The number of hydroxylamine groups is 1. The number of imidazole rings is 1. The van der Waals surface area contributed by atoms with E-state index in [9.17, 15) is 4.79 Å². The van der Waals surface area contributed by atoms with Gasteiger partial charge in [-0.3, -0.25) is 10.0 Å². The van der Waals surface area contributed by atoms with Crippen LogP contribution in [0.1, 0.15) is 90.3 Å². The Morgan fingerprint density at radius 3 is 2.31 bits per heavy atom. The van der Waals surface area contributed by atoms with Gasteiger partial charge in [0.05, 0.1) is 5.52 Å². The zero-order valence-electron chi connectivity index (χ0n) is 20.1. The first-order valence-electron chi connectivity index (χ1n) is 12.3. The van der Waals surface area contributed by atoms with Crippen molar-refractivity contribution in [3.8, 4) is 0 Å². The summed E-state index contributed by atoms with van der Waals surface area (Å²) in [5, 5.41) is 8.53. The lowest BCUT2D eigenvalue weighted by Gasteiger charge is -2.25. The van der Waals surface area contributed by atoms with Crippen LogP contribution < -0.4 is 10.4 Å². The highest BCUT2D eigenvalue weighted by Crippen LogP contribution is 2.27. The van der Waals surface area contributed by atoms with E-state index in [-0.39, 0.29) is 11.7 Å². The highest BCUT2D eigenvalue weighted by Gasteiger charge is 2.16. The molecule has 180 valence electrons. The van der Waals surface area contributed by atoms with E-state index < -0.39 is 0 Å². The molecule has 0 radical (unpaired) electrons. The second kappa shape index (κ2) is 14.1. The topological polar surface area (TPSA) is 70.4 Å². The molecule has 1 amide bonds. The summed E-state index contributed by atoms with van der Waals surface area (Å²) in [5.74, 6) is 0.308. The molecule has 2 rings (SSSR count). The molecular formula is C25H41FN4O2. The van der Waals surface area contributed by atoms with Crippen molar-refractivity contribution >= 4 is 22.6 Å². The monoisotopic (exact) mass is 448 g/mol. The van der Waals surface area contributed by atoms with Crippen LogP contribution in [0.15, 0.2) is 12.1 Å². The molecule has 1 aromatic carbocycles. The number of benzene rings is 1. The number of unbranched alkanes of at least 4 members (excludes halogenated alkanes) is 7. The minimum atomic E-state index is -0.343. The third kappa shape index (κ3) is 7.76. The second-order valence-electron chi connectivity index (χ2n) is 8.73. The number of carbonyl (C=O) groups excluding carboxylic acids is 1. The Morgan fingerprint density at radius 2 is 1.69 bits per heavy atom. The fourth-order valence-electron chi connectivity index (χ4n) is 4.14. The summed E-state index contributed by atoms with van der Waals surface area (Å²) < 4.78 is 17.0.